The Morgan fingerprint density at radius 2 is 0.605 bits per heavy atom. The summed E-state index contributed by atoms with van der Waals surface area (Å²) in [6.45, 7) is 9.11. The van der Waals surface area contributed by atoms with Crippen LogP contribution >= 0.6 is 0 Å². The molecule has 0 radical (unpaired) electrons. The Labute approximate surface area is 273 Å². The number of rotatable bonds is 36. The fourth-order valence-electron chi connectivity index (χ4n) is 6.50. The Morgan fingerprint density at radius 3 is 0.884 bits per heavy atom. The highest BCUT2D eigenvalue weighted by Gasteiger charge is 2.15. The molecule has 0 spiro atoms. The van der Waals surface area contributed by atoms with Crippen molar-refractivity contribution in [2.75, 3.05) is 0 Å². The van der Waals surface area contributed by atoms with Crippen molar-refractivity contribution in [2.24, 2.45) is 0 Å². The second kappa shape index (κ2) is 37.6. The van der Waals surface area contributed by atoms with Crippen molar-refractivity contribution in [3.8, 4) is 0 Å². The van der Waals surface area contributed by atoms with E-state index in [0.29, 0.717) is 12.2 Å². The summed E-state index contributed by atoms with van der Waals surface area (Å²) in [7, 11) is 0. The second-order valence-corrected chi connectivity index (χ2v) is 13.6. The fraction of sp³-hybridized carbons (Fsp3) is 0.905. The summed E-state index contributed by atoms with van der Waals surface area (Å²) in [6.07, 6.45) is 54.3. The van der Waals surface area contributed by atoms with Gasteiger partial charge in [-0.1, -0.05) is 193 Å². The van der Waals surface area contributed by atoms with E-state index in [4.69, 9.17) is 4.74 Å². The van der Waals surface area contributed by atoms with Crippen LogP contribution in [0.4, 0.5) is 0 Å². The number of hydrogen-bond acceptors (Lipinski definition) is 1. The van der Waals surface area contributed by atoms with E-state index in [1.54, 1.807) is 0 Å². The van der Waals surface area contributed by atoms with Gasteiger partial charge in [0.1, 0.15) is 0 Å². The first-order chi connectivity index (χ1) is 21.3. The molecule has 0 aliphatic rings. The van der Waals surface area contributed by atoms with Crippen molar-refractivity contribution in [1.29, 1.82) is 0 Å². The average Bonchev–Trinajstić information content (AvgIpc) is 3.01. The van der Waals surface area contributed by atoms with Crippen LogP contribution in [-0.4, -0.2) is 12.2 Å². The first-order valence-corrected chi connectivity index (χ1v) is 20.2. The summed E-state index contributed by atoms with van der Waals surface area (Å²) in [5.41, 5.74) is 0. The van der Waals surface area contributed by atoms with Crippen LogP contribution in [0, 0.1) is 0 Å². The zero-order chi connectivity index (χ0) is 31.3. The van der Waals surface area contributed by atoms with Gasteiger partial charge in [-0.05, 0) is 64.2 Å². The Hall–Kier alpha value is -0.560. The molecule has 0 aromatic carbocycles. The summed E-state index contributed by atoms with van der Waals surface area (Å²) in [6, 6.07) is 0. The van der Waals surface area contributed by atoms with Crippen LogP contribution < -0.4 is 0 Å². The largest absolute Gasteiger partial charge is 0.375 e. The van der Waals surface area contributed by atoms with Crippen LogP contribution in [0.3, 0.4) is 0 Å². The van der Waals surface area contributed by atoms with Crippen LogP contribution in [0.1, 0.15) is 233 Å². The molecule has 0 heterocycles. The van der Waals surface area contributed by atoms with Gasteiger partial charge >= 0.3 is 0 Å². The molecule has 0 saturated carbocycles. The maximum atomic E-state index is 6.76. The molecule has 43 heavy (non-hydrogen) atoms. The molecule has 0 rings (SSSR count). The van der Waals surface area contributed by atoms with Gasteiger partial charge < -0.3 is 4.74 Å². The molecule has 1 heteroatoms. The number of ether oxygens (including phenoxy) is 1. The van der Waals surface area contributed by atoms with Gasteiger partial charge in [-0.25, -0.2) is 0 Å². The lowest BCUT2D eigenvalue weighted by Gasteiger charge is -2.25. The maximum absolute atomic E-state index is 6.76. The van der Waals surface area contributed by atoms with E-state index >= 15 is 0 Å². The molecule has 1 nitrogen and oxygen atoms in total. The highest BCUT2D eigenvalue weighted by atomic mass is 16.5. The van der Waals surface area contributed by atoms with Gasteiger partial charge in [-0.3, -0.25) is 0 Å². The Bertz CT molecular complexity index is 501. The summed E-state index contributed by atoms with van der Waals surface area (Å²) in [4.78, 5) is 0. The molecule has 2 atom stereocenters. The lowest BCUT2D eigenvalue weighted by atomic mass is 10.0. The van der Waals surface area contributed by atoms with Crippen LogP contribution in [0.25, 0.3) is 0 Å². The smallest absolute Gasteiger partial charge is 0.0578 e. The van der Waals surface area contributed by atoms with Crippen LogP contribution in [0.15, 0.2) is 24.3 Å². The van der Waals surface area contributed by atoms with Gasteiger partial charge in [0.2, 0.25) is 0 Å². The molecule has 2 unspecified atom stereocenters. The SMILES string of the molecule is CCC=CCCCCCCCCCCCCCC(CCC)OC(CCC)CCCCCCCCCCCCCC=CCC. The zero-order valence-corrected chi connectivity index (χ0v) is 30.5. The monoisotopic (exact) mass is 603 g/mol. The molecular formula is C42H82O. The molecule has 0 fully saturated rings. The molecule has 256 valence electrons. The molecule has 0 saturated heterocycles. The summed E-state index contributed by atoms with van der Waals surface area (Å²) >= 11 is 0. The molecule has 0 aliphatic carbocycles. The number of allylic oxidation sites excluding steroid dienone is 4. The summed E-state index contributed by atoms with van der Waals surface area (Å²) < 4.78 is 6.76. The fourth-order valence-corrected chi connectivity index (χ4v) is 6.50. The van der Waals surface area contributed by atoms with Gasteiger partial charge in [0.15, 0.2) is 0 Å². The van der Waals surface area contributed by atoms with Crippen molar-refractivity contribution in [3.63, 3.8) is 0 Å². The minimum atomic E-state index is 0.506. The molecule has 0 N–H and O–H groups in total. The normalized spacial score (nSPS) is 13.5. The minimum absolute atomic E-state index is 0.506. The van der Waals surface area contributed by atoms with Crippen molar-refractivity contribution < 1.29 is 4.74 Å². The van der Waals surface area contributed by atoms with E-state index in [1.807, 2.05) is 0 Å². The Balaban J connectivity index is 3.74. The van der Waals surface area contributed by atoms with Crippen molar-refractivity contribution in [1.82, 2.24) is 0 Å². The minimum Gasteiger partial charge on any atom is -0.375 e. The van der Waals surface area contributed by atoms with Crippen molar-refractivity contribution >= 4 is 0 Å². The molecular weight excluding hydrogens is 520 g/mol. The van der Waals surface area contributed by atoms with Crippen molar-refractivity contribution in [3.05, 3.63) is 24.3 Å². The van der Waals surface area contributed by atoms with E-state index in [1.165, 1.54) is 205 Å². The Morgan fingerprint density at radius 1 is 0.326 bits per heavy atom. The first-order valence-electron chi connectivity index (χ1n) is 20.2. The molecule has 0 amide bonds. The van der Waals surface area contributed by atoms with E-state index < -0.39 is 0 Å². The van der Waals surface area contributed by atoms with E-state index in [0.717, 1.165) is 0 Å². The quantitative estimate of drug-likeness (QED) is 0.0512. The van der Waals surface area contributed by atoms with Gasteiger partial charge in [0, 0.05) is 0 Å². The third-order valence-electron chi connectivity index (χ3n) is 9.20. The Kier molecular flexibility index (Phi) is 37.1. The predicted molar refractivity (Wildman–Crippen MR) is 197 cm³/mol. The number of unbranched alkanes of at least 4 members (excludes halogenated alkanes) is 22. The molecule has 0 aromatic rings. The lowest BCUT2D eigenvalue weighted by Crippen LogP contribution is -2.22. The third kappa shape index (κ3) is 34.2. The summed E-state index contributed by atoms with van der Waals surface area (Å²) in [5.74, 6) is 0. The van der Waals surface area contributed by atoms with Crippen molar-refractivity contribution in [2.45, 2.75) is 245 Å². The van der Waals surface area contributed by atoms with Gasteiger partial charge in [0.05, 0.1) is 12.2 Å². The molecule has 0 aromatic heterocycles. The van der Waals surface area contributed by atoms with E-state index in [9.17, 15) is 0 Å². The first kappa shape index (κ1) is 42.4. The van der Waals surface area contributed by atoms with E-state index in [-0.39, 0.29) is 0 Å². The molecule has 0 aliphatic heterocycles. The standard InChI is InChI=1S/C42H82O/c1-5-9-11-13-15-17-19-21-23-25-27-29-31-33-35-39-41(37-7-3)43-42(38-8-4)40-36-34-32-30-28-26-24-22-20-18-16-14-12-10-6-2/h9-12,41-42H,5-8,13-40H2,1-4H3. The maximum Gasteiger partial charge on any atom is 0.0578 e. The predicted octanol–water partition coefficient (Wildman–Crippen LogP) is 15.4. The molecule has 0 bridgehead atoms. The highest BCUT2D eigenvalue weighted by Crippen LogP contribution is 2.21. The van der Waals surface area contributed by atoms with Gasteiger partial charge in [0.25, 0.3) is 0 Å². The average molecular weight is 603 g/mol. The number of hydrogen-bond donors (Lipinski definition) is 0. The summed E-state index contributed by atoms with van der Waals surface area (Å²) in [5, 5.41) is 0. The zero-order valence-electron chi connectivity index (χ0n) is 30.5. The second-order valence-electron chi connectivity index (χ2n) is 13.6. The highest BCUT2D eigenvalue weighted by molar-refractivity contribution is 4.80. The van der Waals surface area contributed by atoms with Gasteiger partial charge in [-0.2, -0.15) is 0 Å². The van der Waals surface area contributed by atoms with Crippen LogP contribution in [-0.2, 0) is 4.74 Å². The van der Waals surface area contributed by atoms with Crippen LogP contribution in [0.5, 0.6) is 0 Å². The third-order valence-corrected chi connectivity index (χ3v) is 9.20. The lowest BCUT2D eigenvalue weighted by molar-refractivity contribution is -0.0308. The van der Waals surface area contributed by atoms with Gasteiger partial charge in [-0.15, -0.1) is 0 Å². The topological polar surface area (TPSA) is 9.23 Å². The van der Waals surface area contributed by atoms with Crippen LogP contribution in [0.2, 0.25) is 0 Å². The van der Waals surface area contributed by atoms with E-state index in [2.05, 4.69) is 52.0 Å².